The highest BCUT2D eigenvalue weighted by Crippen LogP contribution is 2.22. The summed E-state index contributed by atoms with van der Waals surface area (Å²) in [5.41, 5.74) is 5.92. The van der Waals surface area contributed by atoms with Crippen LogP contribution in [0.25, 0.3) is 0 Å². The van der Waals surface area contributed by atoms with Crippen LogP contribution in [-0.2, 0) is 19.6 Å². The molecule has 150 valence electrons. The highest BCUT2D eigenvalue weighted by atomic mass is 32.2. The van der Waals surface area contributed by atoms with Crippen molar-refractivity contribution in [1.82, 2.24) is 9.62 Å². The maximum atomic E-state index is 12.3. The number of likely N-dealkylation sites (tertiary alicyclic amines) is 1. The number of hydrogen-bond donors (Lipinski definition) is 2. The van der Waals surface area contributed by atoms with E-state index < -0.39 is 10.0 Å². The number of nitrogens with zero attached hydrogens (tertiary/aromatic N) is 1. The van der Waals surface area contributed by atoms with Gasteiger partial charge in [0.15, 0.2) is 6.61 Å². The predicted molar refractivity (Wildman–Crippen MR) is 101 cm³/mol. The van der Waals surface area contributed by atoms with E-state index in [2.05, 4.69) is 4.72 Å². The van der Waals surface area contributed by atoms with Gasteiger partial charge in [0.05, 0.1) is 4.90 Å². The van der Waals surface area contributed by atoms with Crippen LogP contribution in [0.15, 0.2) is 23.1 Å². The molecule has 1 saturated heterocycles. The minimum Gasteiger partial charge on any atom is -0.483 e. The molecule has 2 rings (SSSR count). The molecule has 1 aromatic carbocycles. The summed E-state index contributed by atoms with van der Waals surface area (Å²) in [6.07, 6.45) is 1.13. The van der Waals surface area contributed by atoms with Crippen molar-refractivity contribution in [3.05, 3.63) is 23.8 Å². The Morgan fingerprint density at radius 2 is 1.93 bits per heavy atom. The van der Waals surface area contributed by atoms with Gasteiger partial charge < -0.3 is 15.4 Å². The van der Waals surface area contributed by atoms with E-state index in [0.717, 1.165) is 0 Å². The quantitative estimate of drug-likeness (QED) is 0.705. The normalized spacial score (nSPS) is 15.8. The molecule has 1 aliphatic rings. The third-order valence-corrected chi connectivity index (χ3v) is 6.10. The Hall–Kier alpha value is -2.13. The van der Waals surface area contributed by atoms with E-state index in [9.17, 15) is 18.0 Å². The maximum absolute atomic E-state index is 12.3. The fraction of sp³-hybridized carbons (Fsp3) is 0.556. The lowest BCUT2D eigenvalue weighted by atomic mass is 9.96. The van der Waals surface area contributed by atoms with Gasteiger partial charge in [-0.05, 0) is 57.4 Å². The van der Waals surface area contributed by atoms with Gasteiger partial charge in [0.25, 0.3) is 5.91 Å². The number of benzene rings is 1. The first-order chi connectivity index (χ1) is 12.6. The summed E-state index contributed by atoms with van der Waals surface area (Å²) in [5.74, 6) is -0.212. The molecule has 0 aromatic heterocycles. The van der Waals surface area contributed by atoms with E-state index in [4.69, 9.17) is 10.5 Å². The van der Waals surface area contributed by atoms with Gasteiger partial charge >= 0.3 is 0 Å². The summed E-state index contributed by atoms with van der Waals surface area (Å²) in [6, 6.07) is 4.32. The van der Waals surface area contributed by atoms with Crippen LogP contribution in [0, 0.1) is 12.8 Å². The zero-order chi connectivity index (χ0) is 20.2. The van der Waals surface area contributed by atoms with Gasteiger partial charge in [0, 0.05) is 25.0 Å². The Labute approximate surface area is 160 Å². The lowest BCUT2D eigenvalue weighted by molar-refractivity contribution is -0.136. The summed E-state index contributed by atoms with van der Waals surface area (Å²) in [5, 5.41) is 0. The number of ether oxygens (including phenoxy) is 1. The number of carbonyl (C=O) groups excluding carboxylic acids is 2. The van der Waals surface area contributed by atoms with Gasteiger partial charge in [-0.2, -0.15) is 0 Å². The van der Waals surface area contributed by atoms with E-state index in [1.165, 1.54) is 12.1 Å². The molecule has 2 amide bonds. The zero-order valence-electron chi connectivity index (χ0n) is 15.9. The molecule has 0 atom stereocenters. The second kappa shape index (κ2) is 8.71. The molecule has 0 saturated carbocycles. The van der Waals surface area contributed by atoms with E-state index in [-0.39, 0.29) is 35.3 Å². The Balaban J connectivity index is 1.95. The minimum absolute atomic E-state index is 0.140. The fourth-order valence-electron chi connectivity index (χ4n) is 2.97. The number of amides is 2. The van der Waals surface area contributed by atoms with Crippen LogP contribution < -0.4 is 15.2 Å². The maximum Gasteiger partial charge on any atom is 0.260 e. The van der Waals surface area contributed by atoms with E-state index in [0.29, 0.717) is 37.2 Å². The van der Waals surface area contributed by atoms with Crippen molar-refractivity contribution in [3.8, 4) is 5.75 Å². The van der Waals surface area contributed by atoms with Crippen molar-refractivity contribution in [1.29, 1.82) is 0 Å². The average molecular weight is 397 g/mol. The second-order valence-corrected chi connectivity index (χ2v) is 8.76. The molecular weight excluding hydrogens is 370 g/mol. The van der Waals surface area contributed by atoms with Crippen LogP contribution in [-0.4, -0.2) is 50.9 Å². The molecule has 0 aliphatic carbocycles. The minimum atomic E-state index is -3.58. The highest BCUT2D eigenvalue weighted by Gasteiger charge is 2.26. The molecule has 1 heterocycles. The first-order valence-corrected chi connectivity index (χ1v) is 10.4. The number of piperidine rings is 1. The van der Waals surface area contributed by atoms with Crippen LogP contribution in [0.1, 0.15) is 32.3 Å². The fourth-order valence-corrected chi connectivity index (χ4v) is 4.31. The smallest absolute Gasteiger partial charge is 0.260 e. The van der Waals surface area contributed by atoms with E-state index >= 15 is 0 Å². The molecule has 8 nitrogen and oxygen atoms in total. The molecule has 27 heavy (non-hydrogen) atoms. The Kier molecular flexibility index (Phi) is 6.83. The average Bonchev–Trinajstić information content (AvgIpc) is 2.59. The summed E-state index contributed by atoms with van der Waals surface area (Å²) in [6.45, 7) is 6.05. The van der Waals surface area contributed by atoms with Gasteiger partial charge in [-0.15, -0.1) is 0 Å². The van der Waals surface area contributed by atoms with Gasteiger partial charge in [-0.25, -0.2) is 13.1 Å². The first kappa shape index (κ1) is 21.2. The second-order valence-electron chi connectivity index (χ2n) is 7.05. The number of carbonyl (C=O) groups is 2. The van der Waals surface area contributed by atoms with E-state index in [1.807, 2.05) is 0 Å². The van der Waals surface area contributed by atoms with Crippen molar-refractivity contribution in [2.75, 3.05) is 19.7 Å². The van der Waals surface area contributed by atoms with Crippen molar-refractivity contribution >= 4 is 21.8 Å². The van der Waals surface area contributed by atoms with Crippen molar-refractivity contribution in [2.45, 2.75) is 44.6 Å². The lowest BCUT2D eigenvalue weighted by Crippen LogP contribution is -2.43. The van der Waals surface area contributed by atoms with Crippen LogP contribution in [0.4, 0.5) is 0 Å². The third-order valence-electron chi connectivity index (χ3n) is 4.45. The summed E-state index contributed by atoms with van der Waals surface area (Å²) >= 11 is 0. The molecular formula is C18H27N3O5S. The molecule has 1 aliphatic heterocycles. The standard InChI is InChI=1S/C18H27N3O5S/c1-12(2)20-27(24,25)15-4-5-16(13(3)10-15)26-11-17(22)21-8-6-14(7-9-21)18(19)23/h4-5,10,12,14,20H,6-9,11H2,1-3H3,(H2,19,23). The number of nitrogens with one attached hydrogen (secondary N) is 1. The van der Waals surface area contributed by atoms with Crippen LogP contribution in [0.5, 0.6) is 5.75 Å². The molecule has 1 fully saturated rings. The monoisotopic (exact) mass is 397 g/mol. The number of rotatable bonds is 7. The Morgan fingerprint density at radius 1 is 1.30 bits per heavy atom. The topological polar surface area (TPSA) is 119 Å². The van der Waals surface area contributed by atoms with Crippen LogP contribution in [0.3, 0.4) is 0 Å². The number of primary amides is 1. The molecule has 0 bridgehead atoms. The number of sulfonamides is 1. The number of aryl methyl sites for hydroxylation is 1. The van der Waals surface area contributed by atoms with Crippen LogP contribution in [0.2, 0.25) is 0 Å². The largest absolute Gasteiger partial charge is 0.483 e. The molecule has 9 heteroatoms. The third kappa shape index (κ3) is 5.67. The highest BCUT2D eigenvalue weighted by molar-refractivity contribution is 7.89. The lowest BCUT2D eigenvalue weighted by Gasteiger charge is -2.30. The Bertz CT molecular complexity index is 799. The molecule has 3 N–H and O–H groups in total. The number of hydrogen-bond acceptors (Lipinski definition) is 5. The SMILES string of the molecule is Cc1cc(S(=O)(=O)NC(C)C)ccc1OCC(=O)N1CCC(C(N)=O)CC1. The van der Waals surface area contributed by atoms with Crippen LogP contribution >= 0.6 is 0 Å². The van der Waals surface area contributed by atoms with Gasteiger partial charge in [-0.1, -0.05) is 0 Å². The van der Waals surface area contributed by atoms with Crippen molar-refractivity contribution in [2.24, 2.45) is 11.7 Å². The molecule has 0 spiro atoms. The first-order valence-electron chi connectivity index (χ1n) is 8.93. The zero-order valence-corrected chi connectivity index (χ0v) is 16.7. The van der Waals surface area contributed by atoms with Gasteiger partial charge in [0.1, 0.15) is 5.75 Å². The van der Waals surface area contributed by atoms with Gasteiger partial charge in [0.2, 0.25) is 15.9 Å². The summed E-state index contributed by atoms with van der Waals surface area (Å²) in [4.78, 5) is 25.3. The summed E-state index contributed by atoms with van der Waals surface area (Å²) < 4.78 is 32.5. The van der Waals surface area contributed by atoms with Crippen molar-refractivity contribution < 1.29 is 22.7 Å². The Morgan fingerprint density at radius 3 is 2.44 bits per heavy atom. The van der Waals surface area contributed by atoms with Gasteiger partial charge in [-0.3, -0.25) is 9.59 Å². The summed E-state index contributed by atoms with van der Waals surface area (Å²) in [7, 11) is -3.58. The molecule has 1 aromatic rings. The number of nitrogens with two attached hydrogens (primary N) is 1. The molecule has 0 unspecified atom stereocenters. The van der Waals surface area contributed by atoms with E-state index in [1.54, 1.807) is 31.7 Å². The predicted octanol–water partition coefficient (Wildman–Crippen LogP) is 0.784. The molecule has 0 radical (unpaired) electrons. The van der Waals surface area contributed by atoms with Crippen molar-refractivity contribution in [3.63, 3.8) is 0 Å².